The van der Waals surface area contributed by atoms with Gasteiger partial charge in [0.25, 0.3) is 11.8 Å². The molecule has 2 aromatic carbocycles. The van der Waals surface area contributed by atoms with E-state index in [1.165, 1.54) is 70.6 Å². The lowest BCUT2D eigenvalue weighted by atomic mass is 10.1. The molecular weight excluding hydrogens is 422 g/mol. The Labute approximate surface area is 206 Å². The van der Waals surface area contributed by atoms with E-state index in [4.69, 9.17) is 0 Å². The molecule has 0 heterocycles. The highest BCUT2D eigenvalue weighted by molar-refractivity contribution is 5.94. The molecule has 0 saturated carbocycles. The van der Waals surface area contributed by atoms with Crippen LogP contribution < -0.4 is 16.2 Å². The zero-order valence-corrected chi connectivity index (χ0v) is 20.9. The molecule has 0 radical (unpaired) electrons. The highest BCUT2D eigenvalue weighted by Gasteiger charge is 2.06. The maximum absolute atomic E-state index is 12.3. The summed E-state index contributed by atoms with van der Waals surface area (Å²) in [4.78, 5) is 24.4. The zero-order valence-electron chi connectivity index (χ0n) is 20.9. The van der Waals surface area contributed by atoms with E-state index in [2.05, 4.69) is 23.1 Å². The second-order valence-electron chi connectivity index (χ2n) is 9.02. The molecule has 0 unspecified atom stereocenters. The van der Waals surface area contributed by atoms with Crippen molar-refractivity contribution in [3.05, 3.63) is 71.3 Å². The van der Waals surface area contributed by atoms with Crippen LogP contribution in [0.5, 0.6) is 0 Å². The molecule has 2 rings (SSSR count). The highest BCUT2D eigenvalue weighted by atomic mass is 16.2. The van der Waals surface area contributed by atoms with E-state index < -0.39 is 0 Å². The van der Waals surface area contributed by atoms with Gasteiger partial charge in [-0.25, -0.2) is 5.43 Å². The van der Waals surface area contributed by atoms with Crippen LogP contribution in [0, 0.1) is 0 Å². The van der Waals surface area contributed by atoms with E-state index in [0.29, 0.717) is 17.7 Å². The molecule has 0 bridgehead atoms. The Morgan fingerprint density at radius 2 is 1.15 bits per heavy atom. The number of hydrazine groups is 1. The van der Waals surface area contributed by atoms with Crippen molar-refractivity contribution in [3.63, 3.8) is 0 Å². The lowest BCUT2D eigenvalue weighted by Crippen LogP contribution is -2.37. The number of amides is 2. The van der Waals surface area contributed by atoms with E-state index >= 15 is 0 Å². The summed E-state index contributed by atoms with van der Waals surface area (Å²) < 4.78 is 0. The number of hydrogen-bond acceptors (Lipinski definition) is 3. The lowest BCUT2D eigenvalue weighted by molar-refractivity contribution is 0.0929. The van der Waals surface area contributed by atoms with Crippen molar-refractivity contribution in [2.45, 2.75) is 90.5 Å². The zero-order chi connectivity index (χ0) is 24.3. The van der Waals surface area contributed by atoms with Crippen molar-refractivity contribution in [1.82, 2.24) is 16.2 Å². The summed E-state index contributed by atoms with van der Waals surface area (Å²) in [6.07, 6.45) is 15.9. The van der Waals surface area contributed by atoms with E-state index in [9.17, 15) is 9.59 Å². The van der Waals surface area contributed by atoms with Gasteiger partial charge in [-0.1, -0.05) is 108 Å². The molecule has 34 heavy (non-hydrogen) atoms. The molecule has 3 N–H and O–H groups in total. The Hall–Kier alpha value is -2.66. The number of hydrogen-bond donors (Lipinski definition) is 3. The maximum atomic E-state index is 12.3. The molecule has 0 saturated heterocycles. The van der Waals surface area contributed by atoms with Crippen LogP contribution in [0.25, 0.3) is 0 Å². The van der Waals surface area contributed by atoms with Crippen LogP contribution in [-0.2, 0) is 6.54 Å². The van der Waals surface area contributed by atoms with Gasteiger partial charge in [0.15, 0.2) is 0 Å². The first-order chi connectivity index (χ1) is 16.7. The minimum atomic E-state index is -0.140. The Morgan fingerprint density at radius 1 is 0.618 bits per heavy atom. The smallest absolute Gasteiger partial charge is 0.265 e. The maximum Gasteiger partial charge on any atom is 0.265 e. The van der Waals surface area contributed by atoms with Crippen LogP contribution in [-0.4, -0.2) is 18.4 Å². The normalized spacial score (nSPS) is 10.7. The summed E-state index contributed by atoms with van der Waals surface area (Å²) in [6.45, 7) is 3.47. The fourth-order valence-electron chi connectivity index (χ4n) is 3.92. The van der Waals surface area contributed by atoms with Crippen molar-refractivity contribution in [2.24, 2.45) is 0 Å². The van der Waals surface area contributed by atoms with Crippen LogP contribution in [0.2, 0.25) is 0 Å². The summed E-state index contributed by atoms with van der Waals surface area (Å²) >= 11 is 0. The minimum absolute atomic E-state index is 0.107. The third kappa shape index (κ3) is 12.0. The van der Waals surface area contributed by atoms with Gasteiger partial charge in [0, 0.05) is 24.2 Å². The quantitative estimate of drug-likeness (QED) is 0.173. The molecule has 2 amide bonds. The van der Waals surface area contributed by atoms with Crippen molar-refractivity contribution >= 4 is 11.8 Å². The van der Waals surface area contributed by atoms with Crippen LogP contribution in [0.3, 0.4) is 0 Å². The molecule has 0 aromatic heterocycles. The fraction of sp³-hybridized carbons (Fsp3) is 0.517. The third-order valence-electron chi connectivity index (χ3n) is 6.06. The number of benzene rings is 2. The van der Waals surface area contributed by atoms with E-state index in [0.717, 1.165) is 18.5 Å². The average molecular weight is 466 g/mol. The molecule has 0 atom stereocenters. The number of nitrogens with one attached hydrogen (secondary N) is 3. The standard InChI is InChI=1S/C29H43N3O2/c1-2-3-4-5-6-7-8-9-10-11-12-16-23-31-32-29(34)27-21-19-25(20-22-27)24-30-28(33)26-17-14-13-15-18-26/h13-15,17-22,31H,2-12,16,23-24H2,1H3,(H,30,33)(H,32,34). The van der Waals surface area contributed by atoms with Gasteiger partial charge in [-0.3, -0.25) is 15.0 Å². The minimum Gasteiger partial charge on any atom is -0.348 e. The number of unbranched alkanes of at least 4 members (excludes halogenated alkanes) is 11. The molecule has 0 fully saturated rings. The Balaban J connectivity index is 1.48. The average Bonchev–Trinajstić information content (AvgIpc) is 2.88. The van der Waals surface area contributed by atoms with Crippen LogP contribution in [0.1, 0.15) is 110 Å². The first-order valence-electron chi connectivity index (χ1n) is 13.2. The molecule has 5 heteroatoms. The van der Waals surface area contributed by atoms with Gasteiger partial charge in [-0.2, -0.15) is 0 Å². The monoisotopic (exact) mass is 465 g/mol. The van der Waals surface area contributed by atoms with Crippen molar-refractivity contribution in [3.8, 4) is 0 Å². The summed E-state index contributed by atoms with van der Waals surface area (Å²) in [5, 5.41) is 2.89. The fourth-order valence-corrected chi connectivity index (χ4v) is 3.92. The Morgan fingerprint density at radius 3 is 1.74 bits per heavy atom. The second kappa shape index (κ2) is 17.8. The molecular formula is C29H43N3O2. The molecule has 0 spiro atoms. The van der Waals surface area contributed by atoms with Gasteiger partial charge in [-0.05, 0) is 36.2 Å². The largest absolute Gasteiger partial charge is 0.348 e. The van der Waals surface area contributed by atoms with Crippen LogP contribution in [0.4, 0.5) is 0 Å². The molecule has 5 nitrogen and oxygen atoms in total. The highest BCUT2D eigenvalue weighted by Crippen LogP contribution is 2.11. The molecule has 186 valence electrons. The van der Waals surface area contributed by atoms with E-state index in [1.807, 2.05) is 30.3 Å². The first-order valence-corrected chi connectivity index (χ1v) is 13.2. The molecule has 2 aromatic rings. The Bertz CT molecular complexity index is 806. The van der Waals surface area contributed by atoms with Gasteiger partial charge in [0.1, 0.15) is 0 Å². The summed E-state index contributed by atoms with van der Waals surface area (Å²) in [5.41, 5.74) is 7.99. The number of carbonyl (C=O) groups is 2. The molecule has 0 aliphatic heterocycles. The van der Waals surface area contributed by atoms with Gasteiger partial charge in [-0.15, -0.1) is 0 Å². The summed E-state index contributed by atoms with van der Waals surface area (Å²) in [6, 6.07) is 16.4. The van der Waals surface area contributed by atoms with E-state index in [-0.39, 0.29) is 11.8 Å². The number of rotatable bonds is 18. The Kier molecular flexibility index (Phi) is 14.4. The van der Waals surface area contributed by atoms with Crippen LogP contribution >= 0.6 is 0 Å². The molecule has 0 aliphatic rings. The van der Waals surface area contributed by atoms with E-state index in [1.54, 1.807) is 24.3 Å². The third-order valence-corrected chi connectivity index (χ3v) is 6.06. The van der Waals surface area contributed by atoms with Crippen molar-refractivity contribution < 1.29 is 9.59 Å². The lowest BCUT2D eigenvalue weighted by Gasteiger charge is -2.09. The van der Waals surface area contributed by atoms with Gasteiger partial charge >= 0.3 is 0 Å². The molecule has 0 aliphatic carbocycles. The SMILES string of the molecule is CCCCCCCCCCCCCCNNC(=O)c1ccc(CNC(=O)c2ccccc2)cc1. The predicted molar refractivity (Wildman–Crippen MR) is 141 cm³/mol. The van der Waals surface area contributed by atoms with Crippen LogP contribution in [0.15, 0.2) is 54.6 Å². The summed E-state index contributed by atoms with van der Waals surface area (Å²) in [5.74, 6) is -0.247. The van der Waals surface area contributed by atoms with Gasteiger partial charge in [0.05, 0.1) is 0 Å². The van der Waals surface area contributed by atoms with Crippen molar-refractivity contribution in [1.29, 1.82) is 0 Å². The second-order valence-corrected chi connectivity index (χ2v) is 9.02. The first kappa shape index (κ1) is 27.6. The van der Waals surface area contributed by atoms with Gasteiger partial charge < -0.3 is 5.32 Å². The predicted octanol–water partition coefficient (Wildman–Crippen LogP) is 6.55. The summed E-state index contributed by atoms with van der Waals surface area (Å²) in [7, 11) is 0. The van der Waals surface area contributed by atoms with Crippen molar-refractivity contribution in [2.75, 3.05) is 6.54 Å². The topological polar surface area (TPSA) is 70.2 Å². The number of carbonyl (C=O) groups excluding carboxylic acids is 2. The van der Waals surface area contributed by atoms with Gasteiger partial charge in [0.2, 0.25) is 0 Å².